The maximum atomic E-state index is 17.1. The SMILES string of the molecule is CC1(C)O[C@@H]2C[C@H]3[C@@H]4CCC5=CC(=O)C=C[C@]5(C)[C@@]4(F)[C@@H](O)C[C@]3(C)[C@]2(C(=O)CO)O1.C[N+](C)(C)CCO. The lowest BCUT2D eigenvalue weighted by Gasteiger charge is -2.62. The molecular weight excluding hydrogens is 493 g/mol. The van der Waals surface area contributed by atoms with Gasteiger partial charge in [0.15, 0.2) is 28.6 Å². The van der Waals surface area contributed by atoms with Crippen molar-refractivity contribution in [3.63, 3.8) is 0 Å². The van der Waals surface area contributed by atoms with E-state index in [0.29, 0.717) is 19.3 Å². The van der Waals surface area contributed by atoms with Crippen LogP contribution in [0.1, 0.15) is 53.4 Å². The second-order valence-corrected chi connectivity index (χ2v) is 13.7. The number of hydrogen-bond acceptors (Lipinski definition) is 7. The van der Waals surface area contributed by atoms with E-state index in [-0.39, 0.29) is 24.7 Å². The number of rotatable bonds is 4. The second kappa shape index (κ2) is 9.28. The Morgan fingerprint density at radius 3 is 2.37 bits per heavy atom. The zero-order valence-electron chi connectivity index (χ0n) is 23.8. The van der Waals surface area contributed by atoms with Gasteiger partial charge in [-0.3, -0.25) is 9.59 Å². The molecule has 1 heterocycles. The van der Waals surface area contributed by atoms with E-state index in [2.05, 4.69) is 21.1 Å². The van der Waals surface area contributed by atoms with Gasteiger partial charge in [-0.1, -0.05) is 18.6 Å². The van der Waals surface area contributed by atoms with Crippen molar-refractivity contribution in [1.29, 1.82) is 0 Å². The first-order valence-electron chi connectivity index (χ1n) is 13.7. The van der Waals surface area contributed by atoms with E-state index >= 15 is 4.39 Å². The molecule has 4 aliphatic carbocycles. The lowest BCUT2D eigenvalue weighted by molar-refractivity contribution is -0.870. The highest BCUT2D eigenvalue weighted by atomic mass is 19.1. The number of aliphatic hydroxyl groups excluding tert-OH is 3. The fourth-order valence-electron chi connectivity index (χ4n) is 8.23. The minimum Gasteiger partial charge on any atom is -0.391 e. The van der Waals surface area contributed by atoms with Gasteiger partial charge in [0.05, 0.1) is 40.0 Å². The highest BCUT2D eigenvalue weighted by molar-refractivity contribution is 6.01. The molecule has 0 aromatic carbocycles. The number of carbonyl (C=O) groups is 2. The first-order chi connectivity index (χ1) is 17.4. The van der Waals surface area contributed by atoms with E-state index < -0.39 is 58.4 Å². The summed E-state index contributed by atoms with van der Waals surface area (Å²) in [6.07, 6.45) is 4.00. The van der Waals surface area contributed by atoms with Gasteiger partial charge in [0.1, 0.15) is 13.2 Å². The Morgan fingerprint density at radius 1 is 1.16 bits per heavy atom. The Bertz CT molecular complexity index is 1050. The van der Waals surface area contributed by atoms with Crippen LogP contribution in [0.15, 0.2) is 23.8 Å². The number of fused-ring (bicyclic) bond motifs is 7. The molecule has 4 fully saturated rings. The van der Waals surface area contributed by atoms with Crippen molar-refractivity contribution in [3.8, 4) is 0 Å². The number of hydrogen-bond donors (Lipinski definition) is 3. The number of Topliss-reactive ketones (excluding diaryl/α,β-unsaturated/α-hetero) is 1. The predicted molar refractivity (Wildman–Crippen MR) is 139 cm³/mol. The average Bonchev–Trinajstić information content (AvgIpc) is 3.20. The number of ketones is 2. The van der Waals surface area contributed by atoms with Gasteiger partial charge in [0, 0.05) is 16.7 Å². The van der Waals surface area contributed by atoms with Crippen LogP contribution in [-0.2, 0) is 19.1 Å². The molecule has 5 aliphatic rings. The van der Waals surface area contributed by atoms with Crippen LogP contribution in [0.4, 0.5) is 4.39 Å². The fourth-order valence-corrected chi connectivity index (χ4v) is 8.23. The smallest absolute Gasteiger partial charge is 0.193 e. The Balaban J connectivity index is 0.000000426. The van der Waals surface area contributed by atoms with E-state index in [1.165, 1.54) is 12.2 Å². The Morgan fingerprint density at radius 2 is 1.82 bits per heavy atom. The molecule has 3 N–H and O–H groups in total. The number of aliphatic hydroxyl groups is 3. The molecule has 0 aromatic rings. The van der Waals surface area contributed by atoms with Crippen LogP contribution in [0.25, 0.3) is 0 Å². The van der Waals surface area contributed by atoms with Crippen LogP contribution in [0.5, 0.6) is 0 Å². The molecule has 38 heavy (non-hydrogen) atoms. The molecule has 1 saturated heterocycles. The zero-order valence-corrected chi connectivity index (χ0v) is 23.8. The standard InChI is InChI=1S/C24H31FO6.C5H14NO/c1-20(2)30-19-10-16-15-6-5-13-9-14(27)7-8-21(13,3)23(15,25)17(28)11-22(16,4)24(19,31-20)18(29)12-26;1-6(2,3)4-5-7/h7-9,15-17,19,26,28H,5-6,10-12H2,1-4H3;7H,4-5H2,1-3H3/q;+1/t15-,16-,17-,19+,21-,22-,23-,24+;/m0./s1. The molecule has 9 heteroatoms. The number of ether oxygens (including phenoxy) is 2. The van der Waals surface area contributed by atoms with Gasteiger partial charge in [-0.05, 0) is 64.5 Å². The number of quaternary nitrogens is 1. The molecule has 0 radical (unpaired) electrons. The van der Waals surface area contributed by atoms with Gasteiger partial charge < -0.3 is 29.3 Å². The lowest BCUT2D eigenvalue weighted by atomic mass is 9.44. The largest absolute Gasteiger partial charge is 0.391 e. The van der Waals surface area contributed by atoms with Crippen molar-refractivity contribution >= 4 is 11.6 Å². The minimum absolute atomic E-state index is 0.0109. The molecule has 0 spiro atoms. The molecule has 8 atom stereocenters. The molecule has 214 valence electrons. The van der Waals surface area contributed by atoms with Crippen molar-refractivity contribution in [2.75, 3.05) is 40.9 Å². The third kappa shape index (κ3) is 4.08. The van der Waals surface area contributed by atoms with Gasteiger partial charge in [0.25, 0.3) is 0 Å². The quantitative estimate of drug-likeness (QED) is 0.470. The number of likely N-dealkylation sites (N-methyl/N-ethyl adjacent to an activating group) is 1. The Labute approximate surface area is 225 Å². The van der Waals surface area contributed by atoms with E-state index in [4.69, 9.17) is 14.6 Å². The maximum Gasteiger partial charge on any atom is 0.193 e. The minimum atomic E-state index is -1.98. The number of carbonyl (C=O) groups excluding carboxylic acids is 2. The van der Waals surface area contributed by atoms with Gasteiger partial charge >= 0.3 is 0 Å². The highest BCUT2D eigenvalue weighted by Crippen LogP contribution is 2.72. The third-order valence-electron chi connectivity index (χ3n) is 9.96. The fraction of sp³-hybridized carbons (Fsp3) is 0.793. The molecule has 0 amide bonds. The molecule has 3 saturated carbocycles. The van der Waals surface area contributed by atoms with E-state index in [0.717, 1.165) is 16.6 Å². The summed E-state index contributed by atoms with van der Waals surface area (Å²) in [5.41, 5.74) is -4.66. The topological polar surface area (TPSA) is 113 Å². The number of alkyl halides is 1. The number of halogens is 1. The molecule has 1 aliphatic heterocycles. The maximum absolute atomic E-state index is 17.1. The number of allylic oxidation sites excluding steroid dienone is 4. The normalized spacial score (nSPS) is 44.7. The van der Waals surface area contributed by atoms with Crippen molar-refractivity contribution in [3.05, 3.63) is 23.8 Å². The van der Waals surface area contributed by atoms with Crippen LogP contribution >= 0.6 is 0 Å². The Kier molecular flexibility index (Phi) is 7.20. The van der Waals surface area contributed by atoms with Crippen LogP contribution in [0, 0.1) is 22.7 Å². The summed E-state index contributed by atoms with van der Waals surface area (Å²) in [5.74, 6) is -2.46. The van der Waals surface area contributed by atoms with Crippen LogP contribution in [-0.4, -0.2) is 102 Å². The van der Waals surface area contributed by atoms with Crippen molar-refractivity contribution < 1.29 is 43.3 Å². The summed E-state index contributed by atoms with van der Waals surface area (Å²) >= 11 is 0. The van der Waals surface area contributed by atoms with Gasteiger partial charge in [0.2, 0.25) is 0 Å². The average molecular weight is 539 g/mol. The first-order valence-corrected chi connectivity index (χ1v) is 13.7. The monoisotopic (exact) mass is 538 g/mol. The molecule has 8 nitrogen and oxygen atoms in total. The van der Waals surface area contributed by atoms with Crippen LogP contribution in [0.2, 0.25) is 0 Å². The molecule has 0 unspecified atom stereocenters. The summed E-state index contributed by atoms with van der Waals surface area (Å²) in [4.78, 5) is 25.1. The van der Waals surface area contributed by atoms with Gasteiger partial charge in [-0.25, -0.2) is 4.39 Å². The van der Waals surface area contributed by atoms with Crippen molar-refractivity contribution in [2.24, 2.45) is 22.7 Å². The summed E-state index contributed by atoms with van der Waals surface area (Å²) in [7, 11) is 6.16. The highest BCUT2D eigenvalue weighted by Gasteiger charge is 2.79. The molecule has 5 rings (SSSR count). The lowest BCUT2D eigenvalue weighted by Crippen LogP contribution is -2.70. The predicted octanol–water partition coefficient (Wildman–Crippen LogP) is 2.10. The van der Waals surface area contributed by atoms with E-state index in [1.807, 2.05) is 6.92 Å². The third-order valence-corrected chi connectivity index (χ3v) is 9.96. The van der Waals surface area contributed by atoms with E-state index in [1.54, 1.807) is 26.8 Å². The Hall–Kier alpha value is -1.49. The molecular formula is C29H45FNO7+. The summed E-state index contributed by atoms with van der Waals surface area (Å²) in [6.45, 7) is 7.53. The van der Waals surface area contributed by atoms with Crippen molar-refractivity contribution in [1.82, 2.24) is 0 Å². The van der Waals surface area contributed by atoms with Crippen LogP contribution in [0.3, 0.4) is 0 Å². The first kappa shape index (κ1) is 29.5. The molecule has 0 bridgehead atoms. The summed E-state index contributed by atoms with van der Waals surface area (Å²) in [5, 5.41) is 29.6. The zero-order chi connectivity index (χ0) is 28.5. The van der Waals surface area contributed by atoms with Gasteiger partial charge in [-0.15, -0.1) is 0 Å². The van der Waals surface area contributed by atoms with Gasteiger partial charge in [-0.2, -0.15) is 0 Å². The summed E-state index contributed by atoms with van der Waals surface area (Å²) < 4.78 is 30.4. The molecule has 0 aromatic heterocycles. The van der Waals surface area contributed by atoms with Crippen molar-refractivity contribution in [2.45, 2.75) is 82.6 Å². The van der Waals surface area contributed by atoms with Crippen LogP contribution < -0.4 is 0 Å². The second-order valence-electron chi connectivity index (χ2n) is 13.7. The number of nitrogens with zero attached hydrogens (tertiary/aromatic N) is 1. The summed E-state index contributed by atoms with van der Waals surface area (Å²) in [6, 6.07) is 0. The van der Waals surface area contributed by atoms with E-state index in [9.17, 15) is 19.8 Å².